The van der Waals surface area contributed by atoms with Gasteiger partial charge in [-0.05, 0) is 12.1 Å². The summed E-state index contributed by atoms with van der Waals surface area (Å²) in [5.41, 5.74) is 4.71. The monoisotopic (exact) mass is 188 g/mol. The number of amides is 1. The second kappa shape index (κ2) is 5.48. The average molecular weight is 189 g/mol. The van der Waals surface area contributed by atoms with Crippen LogP contribution in [0.5, 0.6) is 0 Å². The van der Waals surface area contributed by atoms with Crippen LogP contribution in [0.3, 0.4) is 0 Å². The minimum atomic E-state index is -0.305. The molecule has 0 bridgehead atoms. The Kier molecular flexibility index (Phi) is 4.94. The standard InChI is InChI=1S/C6H8N4O.ClH/c7-10-9-6(11)5-2-1-3-8-4-5;/h1-4,10H,7H2,(H,9,11);1H. The lowest BCUT2D eigenvalue weighted by Gasteiger charge is -2.00. The molecule has 6 heteroatoms. The predicted octanol–water partition coefficient (Wildman–Crippen LogP) is -0.389. The summed E-state index contributed by atoms with van der Waals surface area (Å²) in [5.74, 6) is 4.56. The van der Waals surface area contributed by atoms with E-state index in [1.165, 1.54) is 6.20 Å². The first kappa shape index (κ1) is 10.8. The fourth-order valence-corrected chi connectivity index (χ4v) is 0.635. The van der Waals surface area contributed by atoms with Crippen LogP contribution in [0.2, 0.25) is 0 Å². The van der Waals surface area contributed by atoms with E-state index >= 15 is 0 Å². The molecule has 0 radical (unpaired) electrons. The molecule has 0 atom stereocenters. The van der Waals surface area contributed by atoms with E-state index in [-0.39, 0.29) is 18.3 Å². The summed E-state index contributed by atoms with van der Waals surface area (Å²) in [6.07, 6.45) is 3.04. The summed E-state index contributed by atoms with van der Waals surface area (Å²) in [6, 6.07) is 3.31. The van der Waals surface area contributed by atoms with Crippen LogP contribution in [0.15, 0.2) is 24.5 Å². The number of hydrogen-bond donors (Lipinski definition) is 3. The quantitative estimate of drug-likeness (QED) is 0.436. The SMILES string of the molecule is Cl.NNNC(=O)c1cccnc1. The van der Waals surface area contributed by atoms with Crippen molar-refractivity contribution in [2.24, 2.45) is 5.84 Å². The predicted molar refractivity (Wildman–Crippen MR) is 46.3 cm³/mol. The van der Waals surface area contributed by atoms with E-state index in [9.17, 15) is 4.79 Å². The smallest absolute Gasteiger partial charge is 0.268 e. The van der Waals surface area contributed by atoms with E-state index in [1.807, 2.05) is 5.53 Å². The van der Waals surface area contributed by atoms with E-state index in [4.69, 9.17) is 5.84 Å². The van der Waals surface area contributed by atoms with Gasteiger partial charge < -0.3 is 0 Å². The molecule has 0 saturated carbocycles. The average Bonchev–Trinajstić information content (AvgIpc) is 2.07. The van der Waals surface area contributed by atoms with Crippen molar-refractivity contribution in [2.75, 3.05) is 0 Å². The zero-order valence-electron chi connectivity index (χ0n) is 6.15. The maximum absolute atomic E-state index is 11.0. The van der Waals surface area contributed by atoms with Crippen molar-refractivity contribution in [1.29, 1.82) is 0 Å². The highest BCUT2D eigenvalue weighted by molar-refractivity contribution is 5.93. The highest BCUT2D eigenvalue weighted by Crippen LogP contribution is 1.92. The molecule has 0 aliphatic heterocycles. The number of hydrazine groups is 2. The Morgan fingerprint density at radius 2 is 2.33 bits per heavy atom. The fraction of sp³-hybridized carbons (Fsp3) is 0. The molecular formula is C6H9ClN4O. The van der Waals surface area contributed by atoms with Crippen LogP contribution in [0, 0.1) is 0 Å². The van der Waals surface area contributed by atoms with Crippen LogP contribution in [0.1, 0.15) is 10.4 Å². The van der Waals surface area contributed by atoms with Gasteiger partial charge in [-0.15, -0.1) is 12.4 Å². The van der Waals surface area contributed by atoms with Crippen molar-refractivity contribution in [2.45, 2.75) is 0 Å². The molecule has 0 aromatic carbocycles. The van der Waals surface area contributed by atoms with E-state index in [0.717, 1.165) is 0 Å². The normalized spacial score (nSPS) is 8.42. The molecule has 0 aliphatic rings. The summed E-state index contributed by atoms with van der Waals surface area (Å²) in [5, 5.41) is 0. The van der Waals surface area contributed by atoms with Crippen molar-refractivity contribution in [3.05, 3.63) is 30.1 Å². The maximum Gasteiger partial charge on any atom is 0.268 e. The second-order valence-electron chi connectivity index (χ2n) is 1.84. The van der Waals surface area contributed by atoms with Gasteiger partial charge in [0.1, 0.15) is 0 Å². The molecule has 1 amide bonds. The fourth-order valence-electron chi connectivity index (χ4n) is 0.635. The van der Waals surface area contributed by atoms with Crippen molar-refractivity contribution in [1.82, 2.24) is 15.9 Å². The Bertz CT molecular complexity index is 241. The van der Waals surface area contributed by atoms with Gasteiger partial charge in [0.05, 0.1) is 5.56 Å². The molecule has 0 unspecified atom stereocenters. The van der Waals surface area contributed by atoms with Crippen LogP contribution in [0.4, 0.5) is 0 Å². The lowest BCUT2D eigenvalue weighted by Crippen LogP contribution is -2.42. The number of carbonyl (C=O) groups is 1. The molecule has 1 rings (SSSR count). The number of nitrogens with zero attached hydrogens (tertiary/aromatic N) is 1. The van der Waals surface area contributed by atoms with Gasteiger partial charge in [0.2, 0.25) is 0 Å². The molecule has 1 aromatic rings. The molecule has 66 valence electrons. The van der Waals surface area contributed by atoms with Gasteiger partial charge in [-0.3, -0.25) is 21.0 Å². The molecule has 1 heterocycles. The summed E-state index contributed by atoms with van der Waals surface area (Å²) < 4.78 is 0. The Balaban J connectivity index is 0.00000121. The van der Waals surface area contributed by atoms with Crippen molar-refractivity contribution >= 4 is 18.3 Å². The van der Waals surface area contributed by atoms with E-state index in [2.05, 4.69) is 10.4 Å². The van der Waals surface area contributed by atoms with Gasteiger partial charge >= 0.3 is 0 Å². The lowest BCUT2D eigenvalue weighted by molar-refractivity contribution is 0.0933. The number of carbonyl (C=O) groups excluding carboxylic acids is 1. The van der Waals surface area contributed by atoms with Crippen LogP contribution in [-0.2, 0) is 0 Å². The van der Waals surface area contributed by atoms with E-state index < -0.39 is 0 Å². The minimum Gasteiger partial charge on any atom is -0.274 e. The number of pyridine rings is 1. The van der Waals surface area contributed by atoms with Gasteiger partial charge in [0.25, 0.3) is 5.91 Å². The highest BCUT2D eigenvalue weighted by Gasteiger charge is 2.01. The summed E-state index contributed by atoms with van der Waals surface area (Å²) >= 11 is 0. The third-order valence-electron chi connectivity index (χ3n) is 1.11. The summed E-state index contributed by atoms with van der Waals surface area (Å²) in [4.78, 5) is 14.7. The first-order valence-electron chi connectivity index (χ1n) is 3.00. The van der Waals surface area contributed by atoms with Gasteiger partial charge in [0, 0.05) is 12.4 Å². The Morgan fingerprint density at radius 3 is 2.83 bits per heavy atom. The van der Waals surface area contributed by atoms with Gasteiger partial charge in [-0.2, -0.15) is 5.53 Å². The topological polar surface area (TPSA) is 80.0 Å². The summed E-state index contributed by atoms with van der Waals surface area (Å²) in [6.45, 7) is 0. The molecule has 12 heavy (non-hydrogen) atoms. The van der Waals surface area contributed by atoms with Gasteiger partial charge in [-0.25, -0.2) is 0 Å². The van der Waals surface area contributed by atoms with Crippen molar-refractivity contribution in [3.8, 4) is 0 Å². The third kappa shape index (κ3) is 2.83. The molecule has 1 aromatic heterocycles. The first-order chi connectivity index (χ1) is 5.34. The molecule has 0 aliphatic carbocycles. The Morgan fingerprint density at radius 1 is 1.58 bits per heavy atom. The molecule has 0 fully saturated rings. The molecule has 4 N–H and O–H groups in total. The summed E-state index contributed by atoms with van der Waals surface area (Å²) in [7, 11) is 0. The molecule has 0 saturated heterocycles. The lowest BCUT2D eigenvalue weighted by atomic mass is 10.3. The number of rotatable bonds is 2. The maximum atomic E-state index is 11.0. The Hall–Kier alpha value is -1.17. The highest BCUT2D eigenvalue weighted by atomic mass is 35.5. The Labute approximate surface area is 75.7 Å². The van der Waals surface area contributed by atoms with E-state index in [1.54, 1.807) is 18.3 Å². The third-order valence-corrected chi connectivity index (χ3v) is 1.11. The second-order valence-corrected chi connectivity index (χ2v) is 1.84. The van der Waals surface area contributed by atoms with Crippen molar-refractivity contribution < 1.29 is 4.79 Å². The minimum absolute atomic E-state index is 0. The number of hydrogen-bond acceptors (Lipinski definition) is 4. The van der Waals surface area contributed by atoms with Gasteiger partial charge in [0.15, 0.2) is 0 Å². The zero-order valence-corrected chi connectivity index (χ0v) is 6.97. The van der Waals surface area contributed by atoms with Crippen LogP contribution in [0.25, 0.3) is 0 Å². The molecule has 0 spiro atoms. The van der Waals surface area contributed by atoms with E-state index in [0.29, 0.717) is 5.56 Å². The zero-order chi connectivity index (χ0) is 8.10. The molecule has 5 nitrogen and oxygen atoms in total. The van der Waals surface area contributed by atoms with Crippen LogP contribution < -0.4 is 16.8 Å². The number of halogens is 1. The number of nitrogens with one attached hydrogen (secondary N) is 2. The molecular weight excluding hydrogens is 180 g/mol. The van der Waals surface area contributed by atoms with Crippen LogP contribution in [-0.4, -0.2) is 10.9 Å². The number of aromatic nitrogens is 1. The van der Waals surface area contributed by atoms with Crippen LogP contribution >= 0.6 is 12.4 Å². The first-order valence-corrected chi connectivity index (χ1v) is 3.00. The number of nitrogens with two attached hydrogens (primary N) is 1. The van der Waals surface area contributed by atoms with Gasteiger partial charge in [-0.1, -0.05) is 0 Å². The largest absolute Gasteiger partial charge is 0.274 e. The van der Waals surface area contributed by atoms with Crippen molar-refractivity contribution in [3.63, 3.8) is 0 Å².